The van der Waals surface area contributed by atoms with Crippen molar-refractivity contribution < 1.29 is 22.0 Å². The van der Waals surface area contributed by atoms with Crippen molar-refractivity contribution in [2.45, 2.75) is 19.6 Å². The quantitative estimate of drug-likeness (QED) is 0.709. The molecule has 0 saturated heterocycles. The highest BCUT2D eigenvalue weighted by Crippen LogP contribution is 2.29. The van der Waals surface area contributed by atoms with Crippen molar-refractivity contribution in [1.82, 2.24) is 19.7 Å². The molecule has 1 N–H and O–H groups in total. The standard InChI is InChI=1S/C16H12F5N5/c1-9-4-14(16(19,20)21)25-26(9)10-2-3-15(23-5-10)24-6-11-12(17)7-22-8-13(11)18/h2-5,7-8H,6H2,1H3,(H,23,24). The van der Waals surface area contributed by atoms with Gasteiger partial charge < -0.3 is 5.32 Å². The van der Waals surface area contributed by atoms with E-state index in [1.807, 2.05) is 0 Å². The predicted octanol–water partition coefficient (Wildman–Crippen LogP) is 3.88. The molecule has 0 radical (unpaired) electrons. The van der Waals surface area contributed by atoms with Crippen LogP contribution in [0.2, 0.25) is 0 Å². The first-order valence-corrected chi connectivity index (χ1v) is 7.38. The first-order chi connectivity index (χ1) is 12.3. The van der Waals surface area contributed by atoms with Crippen molar-refractivity contribution in [1.29, 1.82) is 0 Å². The van der Waals surface area contributed by atoms with Gasteiger partial charge in [-0.25, -0.2) is 18.4 Å². The molecular formula is C16H12F5N5. The smallest absolute Gasteiger partial charge is 0.366 e. The SMILES string of the molecule is Cc1cc(C(F)(F)F)nn1-c1ccc(NCc2c(F)cncc2F)nc1. The molecule has 5 nitrogen and oxygen atoms in total. The summed E-state index contributed by atoms with van der Waals surface area (Å²) >= 11 is 0. The van der Waals surface area contributed by atoms with E-state index in [0.29, 0.717) is 17.2 Å². The fraction of sp³-hybridized carbons (Fsp3) is 0.188. The maximum atomic E-state index is 13.5. The maximum Gasteiger partial charge on any atom is 0.435 e. The third-order valence-electron chi connectivity index (χ3n) is 3.57. The molecule has 0 bridgehead atoms. The predicted molar refractivity (Wildman–Crippen MR) is 82.6 cm³/mol. The number of hydrogen-bond donors (Lipinski definition) is 1. The van der Waals surface area contributed by atoms with Gasteiger partial charge in [-0.15, -0.1) is 0 Å². The van der Waals surface area contributed by atoms with Crippen LogP contribution in [0.5, 0.6) is 0 Å². The highest BCUT2D eigenvalue weighted by molar-refractivity contribution is 5.42. The summed E-state index contributed by atoms with van der Waals surface area (Å²) in [6.07, 6.45) is -1.43. The van der Waals surface area contributed by atoms with Gasteiger partial charge in [0.15, 0.2) is 5.69 Å². The first kappa shape index (κ1) is 17.8. The summed E-state index contributed by atoms with van der Waals surface area (Å²) in [6, 6.07) is 3.90. The number of alkyl halides is 3. The van der Waals surface area contributed by atoms with Crippen molar-refractivity contribution in [3.8, 4) is 5.69 Å². The molecule has 0 saturated carbocycles. The van der Waals surface area contributed by atoms with Gasteiger partial charge in [-0.3, -0.25) is 4.98 Å². The third kappa shape index (κ3) is 3.63. The summed E-state index contributed by atoms with van der Waals surface area (Å²) in [7, 11) is 0. The van der Waals surface area contributed by atoms with Gasteiger partial charge in [0.25, 0.3) is 0 Å². The third-order valence-corrected chi connectivity index (χ3v) is 3.57. The number of rotatable bonds is 4. The molecule has 0 aromatic carbocycles. The van der Waals surface area contributed by atoms with E-state index in [1.54, 1.807) is 0 Å². The van der Waals surface area contributed by atoms with Crippen LogP contribution in [0, 0.1) is 18.6 Å². The van der Waals surface area contributed by atoms with E-state index >= 15 is 0 Å². The minimum atomic E-state index is -4.54. The van der Waals surface area contributed by atoms with Crippen molar-refractivity contribution in [3.63, 3.8) is 0 Å². The Hall–Kier alpha value is -3.04. The van der Waals surface area contributed by atoms with Gasteiger partial charge in [0, 0.05) is 17.8 Å². The molecule has 0 spiro atoms. The summed E-state index contributed by atoms with van der Waals surface area (Å²) in [4.78, 5) is 7.42. The largest absolute Gasteiger partial charge is 0.435 e. The molecule has 0 amide bonds. The molecule has 0 unspecified atom stereocenters. The normalized spacial score (nSPS) is 11.6. The highest BCUT2D eigenvalue weighted by Gasteiger charge is 2.34. The van der Waals surface area contributed by atoms with Crippen LogP contribution in [0.15, 0.2) is 36.8 Å². The molecule has 136 valence electrons. The van der Waals surface area contributed by atoms with Gasteiger partial charge in [0.1, 0.15) is 17.5 Å². The number of anilines is 1. The van der Waals surface area contributed by atoms with Crippen LogP contribution in [0.4, 0.5) is 27.8 Å². The Labute approximate surface area is 144 Å². The second-order valence-electron chi connectivity index (χ2n) is 5.42. The van der Waals surface area contributed by atoms with E-state index in [1.165, 1.54) is 25.3 Å². The Morgan fingerprint density at radius 2 is 1.77 bits per heavy atom. The zero-order valence-corrected chi connectivity index (χ0v) is 13.3. The minimum Gasteiger partial charge on any atom is -0.366 e. The summed E-state index contributed by atoms with van der Waals surface area (Å²) in [5.74, 6) is -1.29. The van der Waals surface area contributed by atoms with Crippen molar-refractivity contribution in [3.05, 3.63) is 65.4 Å². The second kappa shape index (κ2) is 6.70. The van der Waals surface area contributed by atoms with Crippen molar-refractivity contribution >= 4 is 5.82 Å². The maximum absolute atomic E-state index is 13.5. The summed E-state index contributed by atoms with van der Waals surface area (Å²) in [6.45, 7) is 1.33. The van der Waals surface area contributed by atoms with Crippen LogP contribution in [0.25, 0.3) is 5.69 Å². The van der Waals surface area contributed by atoms with Gasteiger partial charge in [-0.1, -0.05) is 0 Å². The van der Waals surface area contributed by atoms with Crippen LogP contribution in [0.3, 0.4) is 0 Å². The van der Waals surface area contributed by atoms with Gasteiger partial charge in [0.2, 0.25) is 0 Å². The monoisotopic (exact) mass is 369 g/mol. The van der Waals surface area contributed by atoms with E-state index in [9.17, 15) is 22.0 Å². The fourth-order valence-electron chi connectivity index (χ4n) is 2.28. The molecule has 0 fully saturated rings. The average Bonchev–Trinajstić information content (AvgIpc) is 2.97. The van der Waals surface area contributed by atoms with Crippen molar-refractivity contribution in [2.24, 2.45) is 0 Å². The van der Waals surface area contributed by atoms with Crippen LogP contribution in [0.1, 0.15) is 17.0 Å². The molecule has 0 atom stereocenters. The van der Waals surface area contributed by atoms with Gasteiger partial charge in [0.05, 0.1) is 24.3 Å². The molecule has 3 aromatic rings. The Kier molecular flexibility index (Phi) is 4.58. The molecule has 0 aliphatic heterocycles. The van der Waals surface area contributed by atoms with Crippen LogP contribution in [-0.4, -0.2) is 19.7 Å². The second-order valence-corrected chi connectivity index (χ2v) is 5.42. The first-order valence-electron chi connectivity index (χ1n) is 7.38. The lowest BCUT2D eigenvalue weighted by molar-refractivity contribution is -0.141. The minimum absolute atomic E-state index is 0.161. The lowest BCUT2D eigenvalue weighted by atomic mass is 10.2. The Bertz CT molecular complexity index is 898. The molecule has 3 aromatic heterocycles. The Balaban J connectivity index is 1.76. The van der Waals surface area contributed by atoms with E-state index < -0.39 is 23.5 Å². The molecule has 26 heavy (non-hydrogen) atoms. The number of nitrogens with zero attached hydrogens (tertiary/aromatic N) is 4. The fourth-order valence-corrected chi connectivity index (χ4v) is 2.28. The molecule has 0 aliphatic rings. The lowest BCUT2D eigenvalue weighted by Gasteiger charge is -2.09. The van der Waals surface area contributed by atoms with Crippen molar-refractivity contribution in [2.75, 3.05) is 5.32 Å². The summed E-state index contributed by atoms with van der Waals surface area (Å²) < 4.78 is 66.3. The highest BCUT2D eigenvalue weighted by atomic mass is 19.4. The van der Waals surface area contributed by atoms with Crippen LogP contribution >= 0.6 is 0 Å². The molecule has 0 aliphatic carbocycles. The van der Waals surface area contributed by atoms with Gasteiger partial charge >= 0.3 is 6.18 Å². The average molecular weight is 369 g/mol. The van der Waals surface area contributed by atoms with Gasteiger partial charge in [-0.2, -0.15) is 18.3 Å². The van der Waals surface area contributed by atoms with E-state index in [2.05, 4.69) is 20.4 Å². The van der Waals surface area contributed by atoms with E-state index in [-0.39, 0.29) is 12.1 Å². The summed E-state index contributed by atoms with van der Waals surface area (Å²) in [5.41, 5.74) is -0.574. The number of nitrogens with one attached hydrogen (secondary N) is 1. The number of aromatic nitrogens is 4. The molecule has 3 heterocycles. The molecule has 10 heteroatoms. The lowest BCUT2D eigenvalue weighted by Crippen LogP contribution is -2.08. The zero-order valence-electron chi connectivity index (χ0n) is 13.3. The Morgan fingerprint density at radius 1 is 1.08 bits per heavy atom. The molecule has 3 rings (SSSR count). The number of halogens is 5. The van der Waals surface area contributed by atoms with E-state index in [0.717, 1.165) is 23.1 Å². The Morgan fingerprint density at radius 3 is 2.31 bits per heavy atom. The number of hydrogen-bond acceptors (Lipinski definition) is 4. The number of pyridine rings is 2. The van der Waals surface area contributed by atoms with Crippen LogP contribution in [-0.2, 0) is 12.7 Å². The number of aryl methyl sites for hydroxylation is 1. The van der Waals surface area contributed by atoms with E-state index in [4.69, 9.17) is 0 Å². The van der Waals surface area contributed by atoms with Gasteiger partial charge in [-0.05, 0) is 25.1 Å². The topological polar surface area (TPSA) is 55.6 Å². The molecular weight excluding hydrogens is 357 g/mol. The summed E-state index contributed by atoms with van der Waals surface area (Å²) in [5, 5.41) is 6.26. The van der Waals surface area contributed by atoms with Crippen LogP contribution < -0.4 is 5.32 Å². The zero-order chi connectivity index (χ0) is 18.9.